The van der Waals surface area contributed by atoms with E-state index in [-0.39, 0.29) is 11.9 Å². The Balaban J connectivity index is 1.63. The third-order valence-electron chi connectivity index (χ3n) is 4.59. The molecule has 1 aliphatic rings. The number of carbonyl (C=O) groups excluding carboxylic acids is 1. The van der Waals surface area contributed by atoms with Crippen LogP contribution in [0.1, 0.15) is 38.6 Å². The predicted molar refractivity (Wildman–Crippen MR) is 94.1 cm³/mol. The zero-order valence-electron chi connectivity index (χ0n) is 14.6. The van der Waals surface area contributed by atoms with Gasteiger partial charge in [-0.05, 0) is 19.1 Å². The Kier molecular flexibility index (Phi) is 4.83. The van der Waals surface area contributed by atoms with E-state index in [4.69, 9.17) is 0 Å². The summed E-state index contributed by atoms with van der Waals surface area (Å²) in [7, 11) is 0. The molecule has 1 saturated heterocycles. The standard InChI is InChI=1S/C18H25N5O/c1-14(2)17-20-7-8-23(17)15(3)18(24)22-11-9-21(10-12-22)16-5-4-6-19-13-16/h4-8,13-15H,9-12H2,1-3H3/t15-/m1/s1. The van der Waals surface area contributed by atoms with Gasteiger partial charge < -0.3 is 14.4 Å². The van der Waals surface area contributed by atoms with Gasteiger partial charge in [0, 0.05) is 50.7 Å². The van der Waals surface area contributed by atoms with Crippen LogP contribution in [-0.4, -0.2) is 51.5 Å². The number of imidazole rings is 1. The molecule has 2 aromatic rings. The van der Waals surface area contributed by atoms with Gasteiger partial charge in [0.1, 0.15) is 11.9 Å². The molecule has 0 saturated carbocycles. The van der Waals surface area contributed by atoms with Crippen molar-refractivity contribution in [3.8, 4) is 0 Å². The first-order valence-corrected chi connectivity index (χ1v) is 8.54. The van der Waals surface area contributed by atoms with Gasteiger partial charge in [0.05, 0.1) is 11.9 Å². The topological polar surface area (TPSA) is 54.3 Å². The monoisotopic (exact) mass is 327 g/mol. The summed E-state index contributed by atoms with van der Waals surface area (Å²) in [5, 5.41) is 0. The van der Waals surface area contributed by atoms with Crippen molar-refractivity contribution in [2.75, 3.05) is 31.1 Å². The Bertz CT molecular complexity index is 674. The van der Waals surface area contributed by atoms with Gasteiger partial charge in [0.15, 0.2) is 0 Å². The number of anilines is 1. The van der Waals surface area contributed by atoms with Crippen LogP contribution in [0.4, 0.5) is 5.69 Å². The third kappa shape index (κ3) is 3.27. The lowest BCUT2D eigenvalue weighted by Crippen LogP contribution is -2.50. The van der Waals surface area contributed by atoms with Crippen LogP contribution in [0.2, 0.25) is 0 Å². The molecule has 0 spiro atoms. The van der Waals surface area contributed by atoms with Crippen molar-refractivity contribution < 1.29 is 4.79 Å². The van der Waals surface area contributed by atoms with Crippen LogP contribution in [0.5, 0.6) is 0 Å². The Morgan fingerprint density at radius 1 is 1.12 bits per heavy atom. The van der Waals surface area contributed by atoms with Crippen molar-refractivity contribution in [2.24, 2.45) is 0 Å². The Labute approximate surface area is 143 Å². The molecule has 24 heavy (non-hydrogen) atoms. The Hall–Kier alpha value is -2.37. The van der Waals surface area contributed by atoms with Gasteiger partial charge in [-0.2, -0.15) is 0 Å². The van der Waals surface area contributed by atoms with Gasteiger partial charge in [-0.3, -0.25) is 9.78 Å². The lowest BCUT2D eigenvalue weighted by Gasteiger charge is -2.37. The summed E-state index contributed by atoms with van der Waals surface area (Å²) in [6, 6.07) is 3.80. The fourth-order valence-corrected chi connectivity index (χ4v) is 3.21. The van der Waals surface area contributed by atoms with Crippen LogP contribution in [0, 0.1) is 0 Å². The first-order valence-electron chi connectivity index (χ1n) is 8.54. The molecule has 1 aliphatic heterocycles. The van der Waals surface area contributed by atoms with Gasteiger partial charge in [0.2, 0.25) is 5.91 Å². The number of hydrogen-bond acceptors (Lipinski definition) is 4. The summed E-state index contributed by atoms with van der Waals surface area (Å²) < 4.78 is 2.00. The van der Waals surface area contributed by atoms with Crippen molar-refractivity contribution in [1.82, 2.24) is 19.4 Å². The normalized spacial score (nSPS) is 16.5. The second kappa shape index (κ2) is 7.03. The maximum absolute atomic E-state index is 12.9. The van der Waals surface area contributed by atoms with Crippen molar-refractivity contribution in [3.63, 3.8) is 0 Å². The second-order valence-corrected chi connectivity index (χ2v) is 6.55. The van der Waals surface area contributed by atoms with Crippen LogP contribution in [0.15, 0.2) is 36.9 Å². The molecule has 0 bridgehead atoms. The van der Waals surface area contributed by atoms with E-state index in [2.05, 4.69) is 34.8 Å². The van der Waals surface area contributed by atoms with E-state index in [1.165, 1.54) is 0 Å². The number of nitrogens with zero attached hydrogens (tertiary/aromatic N) is 5. The quantitative estimate of drug-likeness (QED) is 0.865. The van der Waals surface area contributed by atoms with E-state index in [0.717, 1.165) is 37.7 Å². The number of amides is 1. The summed E-state index contributed by atoms with van der Waals surface area (Å²) >= 11 is 0. The summed E-state index contributed by atoms with van der Waals surface area (Å²) in [5.74, 6) is 1.43. The average molecular weight is 327 g/mol. The van der Waals surface area contributed by atoms with E-state index < -0.39 is 0 Å². The first-order chi connectivity index (χ1) is 11.6. The highest BCUT2D eigenvalue weighted by Crippen LogP contribution is 2.20. The summed E-state index contributed by atoms with van der Waals surface area (Å²) in [6.45, 7) is 9.32. The van der Waals surface area contributed by atoms with E-state index in [0.29, 0.717) is 5.92 Å². The molecule has 6 heteroatoms. The Morgan fingerprint density at radius 3 is 2.50 bits per heavy atom. The second-order valence-electron chi connectivity index (χ2n) is 6.55. The van der Waals surface area contributed by atoms with Crippen LogP contribution in [0.25, 0.3) is 0 Å². The smallest absolute Gasteiger partial charge is 0.245 e. The molecule has 128 valence electrons. The number of piperazine rings is 1. The number of hydrogen-bond donors (Lipinski definition) is 0. The molecular formula is C18H25N5O. The van der Waals surface area contributed by atoms with Crippen molar-refractivity contribution in [2.45, 2.75) is 32.7 Å². The van der Waals surface area contributed by atoms with E-state index >= 15 is 0 Å². The first kappa shape index (κ1) is 16.5. The fourth-order valence-electron chi connectivity index (χ4n) is 3.21. The minimum Gasteiger partial charge on any atom is -0.367 e. The minimum atomic E-state index is -0.213. The molecule has 3 heterocycles. The SMILES string of the molecule is CC(C)c1nccn1[C@H](C)C(=O)N1CCN(c2cccnc2)CC1. The molecule has 0 radical (unpaired) electrons. The number of aromatic nitrogens is 3. The molecule has 1 atom stereocenters. The number of rotatable bonds is 4. The summed E-state index contributed by atoms with van der Waals surface area (Å²) in [5.41, 5.74) is 1.12. The van der Waals surface area contributed by atoms with E-state index in [9.17, 15) is 4.79 Å². The maximum atomic E-state index is 12.9. The van der Waals surface area contributed by atoms with E-state index in [1.807, 2.05) is 34.9 Å². The number of carbonyl (C=O) groups is 1. The lowest BCUT2D eigenvalue weighted by molar-refractivity contribution is -0.134. The van der Waals surface area contributed by atoms with Crippen molar-refractivity contribution in [3.05, 3.63) is 42.7 Å². The third-order valence-corrected chi connectivity index (χ3v) is 4.59. The van der Waals surface area contributed by atoms with Crippen LogP contribution in [0.3, 0.4) is 0 Å². The molecule has 3 rings (SSSR count). The average Bonchev–Trinajstić information content (AvgIpc) is 3.11. The zero-order valence-corrected chi connectivity index (χ0v) is 14.6. The molecule has 1 fully saturated rings. The van der Waals surface area contributed by atoms with Crippen LogP contribution < -0.4 is 4.90 Å². The largest absolute Gasteiger partial charge is 0.367 e. The van der Waals surface area contributed by atoms with Gasteiger partial charge in [-0.15, -0.1) is 0 Å². The highest BCUT2D eigenvalue weighted by molar-refractivity contribution is 5.80. The molecule has 0 N–H and O–H groups in total. The van der Waals surface area contributed by atoms with Crippen LogP contribution >= 0.6 is 0 Å². The highest BCUT2D eigenvalue weighted by Gasteiger charge is 2.27. The lowest BCUT2D eigenvalue weighted by atomic mass is 10.1. The highest BCUT2D eigenvalue weighted by atomic mass is 16.2. The zero-order chi connectivity index (χ0) is 17.1. The molecule has 1 amide bonds. The van der Waals surface area contributed by atoms with E-state index in [1.54, 1.807) is 12.4 Å². The van der Waals surface area contributed by atoms with Gasteiger partial charge in [-0.25, -0.2) is 4.98 Å². The van der Waals surface area contributed by atoms with Gasteiger partial charge in [0.25, 0.3) is 0 Å². The molecule has 0 aromatic carbocycles. The molecule has 0 aliphatic carbocycles. The van der Waals surface area contributed by atoms with Crippen LogP contribution in [-0.2, 0) is 4.79 Å². The summed E-state index contributed by atoms with van der Waals surface area (Å²) in [6.07, 6.45) is 7.34. The number of pyridine rings is 1. The predicted octanol–water partition coefficient (Wildman–Crippen LogP) is 2.31. The molecule has 2 aromatic heterocycles. The Morgan fingerprint density at radius 2 is 1.88 bits per heavy atom. The molecular weight excluding hydrogens is 302 g/mol. The minimum absolute atomic E-state index is 0.167. The van der Waals surface area contributed by atoms with Gasteiger partial charge >= 0.3 is 0 Å². The van der Waals surface area contributed by atoms with Crippen molar-refractivity contribution >= 4 is 11.6 Å². The fraction of sp³-hybridized carbons (Fsp3) is 0.500. The van der Waals surface area contributed by atoms with Gasteiger partial charge in [-0.1, -0.05) is 13.8 Å². The van der Waals surface area contributed by atoms with Crippen molar-refractivity contribution in [1.29, 1.82) is 0 Å². The summed E-state index contributed by atoms with van der Waals surface area (Å²) in [4.78, 5) is 25.7. The maximum Gasteiger partial charge on any atom is 0.245 e. The molecule has 0 unspecified atom stereocenters. The molecule has 6 nitrogen and oxygen atoms in total.